The fourth-order valence-corrected chi connectivity index (χ4v) is 4.37. The van der Waals surface area contributed by atoms with Crippen LogP contribution in [0.3, 0.4) is 0 Å². The van der Waals surface area contributed by atoms with Crippen LogP contribution in [0.4, 0.5) is 10.1 Å². The number of aromatic nitrogens is 1. The fourth-order valence-electron chi connectivity index (χ4n) is 3.23. The quantitative estimate of drug-likeness (QED) is 0.637. The Labute approximate surface area is 181 Å². The molecule has 0 bridgehead atoms. The maximum atomic E-state index is 13.5. The van der Waals surface area contributed by atoms with Crippen molar-refractivity contribution in [2.45, 2.75) is 6.54 Å². The molecule has 4 rings (SSSR count). The zero-order chi connectivity index (χ0) is 22.0. The summed E-state index contributed by atoms with van der Waals surface area (Å²) in [6.07, 6.45) is 4.72. The van der Waals surface area contributed by atoms with Crippen LogP contribution in [0.2, 0.25) is 0 Å². The lowest BCUT2D eigenvalue weighted by atomic mass is 10.0. The molecule has 0 radical (unpaired) electrons. The summed E-state index contributed by atoms with van der Waals surface area (Å²) in [7, 11) is -0.152. The van der Waals surface area contributed by atoms with E-state index in [-0.39, 0.29) is 16.4 Å². The number of hydrogen-bond acceptors (Lipinski definition) is 4. The van der Waals surface area contributed by atoms with E-state index >= 15 is 0 Å². The Bertz CT molecular complexity index is 1230. The second kappa shape index (κ2) is 8.61. The maximum Gasteiger partial charge on any atom is 0.251 e. The molecule has 0 aliphatic carbocycles. The third kappa shape index (κ3) is 4.29. The van der Waals surface area contributed by atoms with E-state index in [4.69, 9.17) is 0 Å². The Balaban J connectivity index is 1.63. The van der Waals surface area contributed by atoms with Gasteiger partial charge in [0.25, 0.3) is 5.91 Å². The molecule has 1 atom stereocenters. The monoisotopic (exact) mass is 435 g/mol. The molecule has 2 heterocycles. The Morgan fingerprint density at radius 2 is 2.03 bits per heavy atom. The second-order valence-electron chi connectivity index (χ2n) is 6.92. The van der Waals surface area contributed by atoms with Gasteiger partial charge in [-0.3, -0.25) is 18.9 Å². The summed E-state index contributed by atoms with van der Waals surface area (Å²) < 4.78 is 27.8. The predicted molar refractivity (Wildman–Crippen MR) is 117 cm³/mol. The van der Waals surface area contributed by atoms with Crippen LogP contribution in [-0.4, -0.2) is 27.9 Å². The summed E-state index contributed by atoms with van der Waals surface area (Å²) in [5.41, 5.74) is 2.31. The van der Waals surface area contributed by atoms with Crippen LogP contribution in [-0.2, 0) is 17.5 Å². The lowest BCUT2D eigenvalue weighted by Gasteiger charge is -2.27. The molecule has 3 aromatic rings. The molecule has 1 aromatic heterocycles. The first-order valence-corrected chi connectivity index (χ1v) is 10.5. The Morgan fingerprint density at radius 1 is 1.19 bits per heavy atom. The highest BCUT2D eigenvalue weighted by Gasteiger charge is 2.32. The highest BCUT2D eigenvalue weighted by atomic mass is 32.2. The predicted octanol–water partition coefficient (Wildman–Crippen LogP) is 3.49. The molecule has 0 saturated heterocycles. The van der Waals surface area contributed by atoms with Crippen LogP contribution in [0.25, 0.3) is 6.08 Å². The number of carbonyl (C=O) groups excluding carboxylic acids is 2. The molecule has 31 heavy (non-hydrogen) atoms. The summed E-state index contributed by atoms with van der Waals surface area (Å²) >= 11 is 0. The largest absolute Gasteiger partial charge is 0.348 e. The minimum atomic E-state index is -1.75. The highest BCUT2D eigenvalue weighted by molar-refractivity contribution is 7.91. The minimum absolute atomic E-state index is 0.0218. The van der Waals surface area contributed by atoms with Crippen LogP contribution in [0.15, 0.2) is 71.9 Å². The number of hydrogen-bond donors (Lipinski definition) is 1. The van der Waals surface area contributed by atoms with E-state index in [1.54, 1.807) is 43.7 Å². The van der Waals surface area contributed by atoms with Gasteiger partial charge in [-0.15, -0.1) is 0 Å². The molecule has 1 aliphatic heterocycles. The van der Waals surface area contributed by atoms with Gasteiger partial charge in [-0.2, -0.15) is 0 Å². The first kappa shape index (κ1) is 20.6. The van der Waals surface area contributed by atoms with Gasteiger partial charge in [-0.05, 0) is 53.6 Å². The zero-order valence-electron chi connectivity index (χ0n) is 16.5. The van der Waals surface area contributed by atoms with Gasteiger partial charge in [0.15, 0.2) is 11.0 Å². The van der Waals surface area contributed by atoms with Gasteiger partial charge in [0, 0.05) is 37.1 Å². The van der Waals surface area contributed by atoms with Gasteiger partial charge in [0.05, 0.1) is 5.69 Å². The maximum absolute atomic E-state index is 13.5. The smallest absolute Gasteiger partial charge is 0.251 e. The summed E-state index contributed by atoms with van der Waals surface area (Å²) in [4.78, 5) is 29.7. The van der Waals surface area contributed by atoms with Crippen molar-refractivity contribution in [3.8, 4) is 0 Å². The van der Waals surface area contributed by atoms with Crippen LogP contribution >= 0.6 is 0 Å². The number of pyridine rings is 1. The van der Waals surface area contributed by atoms with E-state index in [0.29, 0.717) is 23.4 Å². The summed E-state index contributed by atoms with van der Waals surface area (Å²) in [6.45, 7) is 0.298. The second-order valence-corrected chi connectivity index (χ2v) is 8.40. The van der Waals surface area contributed by atoms with Crippen molar-refractivity contribution >= 4 is 34.4 Å². The number of allylic oxidation sites excluding steroid dienone is 1. The first-order chi connectivity index (χ1) is 14.9. The Hall–Kier alpha value is -3.65. The van der Waals surface area contributed by atoms with Crippen molar-refractivity contribution in [1.82, 2.24) is 10.3 Å². The lowest BCUT2D eigenvalue weighted by Crippen LogP contribution is -2.32. The number of nitrogens with zero attached hydrogens (tertiary/aromatic N) is 2. The molecule has 0 fully saturated rings. The topological polar surface area (TPSA) is 79.4 Å². The number of rotatable bonds is 4. The van der Waals surface area contributed by atoms with Crippen molar-refractivity contribution in [3.63, 3.8) is 0 Å². The number of nitrogens with one attached hydrogen (secondary N) is 1. The number of carbonyl (C=O) groups is 2. The molecule has 1 N–H and O–H groups in total. The van der Waals surface area contributed by atoms with Crippen molar-refractivity contribution in [3.05, 3.63) is 100.0 Å². The van der Waals surface area contributed by atoms with Crippen molar-refractivity contribution in [2.75, 3.05) is 11.4 Å². The number of ketones is 1. The number of amides is 1. The third-order valence-electron chi connectivity index (χ3n) is 4.83. The number of anilines is 1. The molecule has 1 unspecified atom stereocenters. The molecule has 0 spiro atoms. The van der Waals surface area contributed by atoms with E-state index in [0.717, 1.165) is 5.56 Å². The van der Waals surface area contributed by atoms with Gasteiger partial charge < -0.3 is 5.32 Å². The van der Waals surface area contributed by atoms with E-state index in [1.165, 1.54) is 34.6 Å². The molecule has 6 nitrogen and oxygen atoms in total. The van der Waals surface area contributed by atoms with Crippen LogP contribution < -0.4 is 9.62 Å². The highest BCUT2D eigenvalue weighted by Crippen LogP contribution is 2.33. The summed E-state index contributed by atoms with van der Waals surface area (Å²) in [6, 6.07) is 14.0. The van der Waals surface area contributed by atoms with Gasteiger partial charge in [-0.1, -0.05) is 18.2 Å². The molecular weight excluding hydrogens is 417 g/mol. The third-order valence-corrected chi connectivity index (χ3v) is 6.20. The molecule has 1 amide bonds. The van der Waals surface area contributed by atoms with Gasteiger partial charge >= 0.3 is 0 Å². The van der Waals surface area contributed by atoms with Crippen molar-refractivity contribution < 1.29 is 18.2 Å². The summed E-state index contributed by atoms with van der Waals surface area (Å²) in [5.74, 6) is -1.26. The van der Waals surface area contributed by atoms with Crippen LogP contribution in [0.5, 0.6) is 0 Å². The van der Waals surface area contributed by atoms with E-state index in [1.807, 2.05) is 6.07 Å². The SMILES string of the molecule is CN1c2ccc(C(=O)NCc3cccnc3)cc2C(=O)/C(=C/c2cccc(F)c2)S1=O. The zero-order valence-corrected chi connectivity index (χ0v) is 17.4. The standard InChI is InChI=1S/C23H18FN3O3S/c1-27-20-8-7-17(23(29)26-14-16-5-3-9-25-13-16)12-19(20)22(28)21(31(27)30)11-15-4-2-6-18(24)10-15/h2-13H,14H2,1H3,(H,26,29)/b21-11-. The average molecular weight is 435 g/mol. The van der Waals surface area contributed by atoms with Gasteiger partial charge in [-0.25, -0.2) is 8.60 Å². The van der Waals surface area contributed by atoms with E-state index < -0.39 is 22.6 Å². The number of halogens is 1. The molecule has 1 aliphatic rings. The fraction of sp³-hybridized carbons (Fsp3) is 0.0870. The average Bonchev–Trinajstić information content (AvgIpc) is 2.79. The van der Waals surface area contributed by atoms with Gasteiger partial charge in [0.2, 0.25) is 5.78 Å². The molecular formula is C23H18FN3O3S. The first-order valence-electron chi connectivity index (χ1n) is 9.43. The minimum Gasteiger partial charge on any atom is -0.348 e. The Kier molecular flexibility index (Phi) is 5.73. The van der Waals surface area contributed by atoms with E-state index in [9.17, 15) is 18.2 Å². The number of benzene rings is 2. The molecule has 0 saturated carbocycles. The summed E-state index contributed by atoms with van der Waals surface area (Å²) in [5, 5.41) is 2.79. The Morgan fingerprint density at radius 3 is 2.77 bits per heavy atom. The lowest BCUT2D eigenvalue weighted by molar-refractivity contribution is 0.0951. The molecule has 2 aromatic carbocycles. The van der Waals surface area contributed by atoms with Gasteiger partial charge in [0.1, 0.15) is 10.7 Å². The van der Waals surface area contributed by atoms with Crippen molar-refractivity contribution in [1.29, 1.82) is 0 Å². The van der Waals surface area contributed by atoms with Crippen LogP contribution in [0.1, 0.15) is 31.8 Å². The van der Waals surface area contributed by atoms with Crippen molar-refractivity contribution in [2.24, 2.45) is 0 Å². The number of Topliss-reactive ketones (excluding diaryl/α,β-unsaturated/α-hetero) is 1. The number of fused-ring (bicyclic) bond motifs is 1. The van der Waals surface area contributed by atoms with Crippen LogP contribution in [0, 0.1) is 5.82 Å². The van der Waals surface area contributed by atoms with E-state index in [2.05, 4.69) is 10.3 Å². The normalized spacial score (nSPS) is 16.8. The molecule has 8 heteroatoms. The molecule has 156 valence electrons.